The van der Waals surface area contributed by atoms with E-state index in [0.29, 0.717) is 15.5 Å². The van der Waals surface area contributed by atoms with Crippen molar-refractivity contribution in [3.63, 3.8) is 0 Å². The highest BCUT2D eigenvalue weighted by Crippen LogP contribution is 2.33. The van der Waals surface area contributed by atoms with Crippen LogP contribution >= 0.6 is 23.4 Å². The van der Waals surface area contributed by atoms with Gasteiger partial charge in [0.2, 0.25) is 0 Å². The molecule has 22 heavy (non-hydrogen) atoms. The Bertz CT molecular complexity index is 684. The number of hydrogen-bond donors (Lipinski definition) is 0. The molecule has 2 aromatic carbocycles. The molecule has 0 N–H and O–H groups in total. The molecule has 0 amide bonds. The standard InChI is InChI=1S/C17H14ClFO2S/c1-2-21-17(20)11-10-14-15(19)4-3-5-16(14)22-13-8-6-12(18)7-9-13/h3-11H,2H2,1H3. The van der Waals surface area contributed by atoms with E-state index in [0.717, 1.165) is 4.90 Å². The van der Waals surface area contributed by atoms with Crippen LogP contribution in [0.2, 0.25) is 5.02 Å². The Kier molecular flexibility index (Phi) is 6.04. The van der Waals surface area contributed by atoms with Crippen molar-refractivity contribution < 1.29 is 13.9 Å². The molecule has 2 rings (SSSR count). The predicted molar refractivity (Wildman–Crippen MR) is 87.6 cm³/mol. The van der Waals surface area contributed by atoms with Gasteiger partial charge in [-0.1, -0.05) is 29.4 Å². The minimum Gasteiger partial charge on any atom is -0.463 e. The average molecular weight is 337 g/mol. The molecule has 2 nitrogen and oxygen atoms in total. The minimum atomic E-state index is -0.492. The lowest BCUT2D eigenvalue weighted by molar-refractivity contribution is -0.137. The van der Waals surface area contributed by atoms with Gasteiger partial charge in [0.25, 0.3) is 0 Å². The van der Waals surface area contributed by atoms with Crippen LogP contribution in [0.5, 0.6) is 0 Å². The number of rotatable bonds is 5. The third kappa shape index (κ3) is 4.61. The molecular weight excluding hydrogens is 323 g/mol. The highest BCUT2D eigenvalue weighted by molar-refractivity contribution is 7.99. The van der Waals surface area contributed by atoms with Crippen LogP contribution in [0, 0.1) is 5.82 Å². The van der Waals surface area contributed by atoms with Crippen molar-refractivity contribution in [1.29, 1.82) is 0 Å². The highest BCUT2D eigenvalue weighted by atomic mass is 35.5. The summed E-state index contributed by atoms with van der Waals surface area (Å²) in [6.45, 7) is 2.00. The summed E-state index contributed by atoms with van der Waals surface area (Å²) < 4.78 is 18.8. The Morgan fingerprint density at radius 2 is 2.00 bits per heavy atom. The van der Waals surface area contributed by atoms with E-state index >= 15 is 0 Å². The average Bonchev–Trinajstić information content (AvgIpc) is 2.49. The highest BCUT2D eigenvalue weighted by Gasteiger charge is 2.08. The smallest absolute Gasteiger partial charge is 0.330 e. The molecule has 2 aromatic rings. The molecule has 0 radical (unpaired) electrons. The zero-order valence-electron chi connectivity index (χ0n) is 11.9. The van der Waals surface area contributed by atoms with Crippen molar-refractivity contribution in [2.45, 2.75) is 16.7 Å². The fraction of sp³-hybridized carbons (Fsp3) is 0.118. The van der Waals surface area contributed by atoms with E-state index in [1.165, 1.54) is 30.0 Å². The molecule has 0 aromatic heterocycles. The molecule has 0 saturated heterocycles. The third-order valence-electron chi connectivity index (χ3n) is 2.73. The van der Waals surface area contributed by atoms with Gasteiger partial charge < -0.3 is 4.74 Å². The fourth-order valence-electron chi connectivity index (χ4n) is 1.74. The van der Waals surface area contributed by atoms with Crippen LogP contribution < -0.4 is 0 Å². The molecule has 0 aliphatic heterocycles. The molecule has 0 fully saturated rings. The van der Waals surface area contributed by atoms with Gasteiger partial charge >= 0.3 is 5.97 Å². The number of ether oxygens (including phenoxy) is 1. The summed E-state index contributed by atoms with van der Waals surface area (Å²) in [5.74, 6) is -0.882. The van der Waals surface area contributed by atoms with Crippen molar-refractivity contribution in [2.75, 3.05) is 6.61 Å². The normalized spacial score (nSPS) is 10.9. The van der Waals surface area contributed by atoms with E-state index in [2.05, 4.69) is 0 Å². The van der Waals surface area contributed by atoms with Crippen LogP contribution in [0.4, 0.5) is 4.39 Å². The molecule has 0 heterocycles. The Labute approximate surface area is 137 Å². The molecular formula is C17H14ClFO2S. The van der Waals surface area contributed by atoms with Crippen LogP contribution in [0.1, 0.15) is 12.5 Å². The van der Waals surface area contributed by atoms with Gasteiger partial charge in [-0.15, -0.1) is 0 Å². The van der Waals surface area contributed by atoms with Crippen LogP contribution in [0.25, 0.3) is 6.08 Å². The molecule has 0 atom stereocenters. The minimum absolute atomic E-state index is 0.285. The number of carbonyl (C=O) groups excluding carboxylic acids is 1. The van der Waals surface area contributed by atoms with Gasteiger partial charge in [0.05, 0.1) is 6.61 Å². The van der Waals surface area contributed by atoms with Crippen molar-refractivity contribution in [1.82, 2.24) is 0 Å². The maximum Gasteiger partial charge on any atom is 0.330 e. The second-order valence-electron chi connectivity index (χ2n) is 4.29. The molecule has 0 unspecified atom stereocenters. The molecule has 0 spiro atoms. The quantitative estimate of drug-likeness (QED) is 0.554. The summed E-state index contributed by atoms with van der Waals surface area (Å²) in [6.07, 6.45) is 2.67. The van der Waals surface area contributed by atoms with E-state index in [1.807, 2.05) is 12.1 Å². The molecule has 0 saturated carbocycles. The number of halogens is 2. The van der Waals surface area contributed by atoms with Gasteiger partial charge in [0.1, 0.15) is 5.82 Å². The van der Waals surface area contributed by atoms with Gasteiger partial charge in [-0.2, -0.15) is 0 Å². The van der Waals surface area contributed by atoms with Crippen molar-refractivity contribution in [2.24, 2.45) is 0 Å². The monoisotopic (exact) mass is 336 g/mol. The largest absolute Gasteiger partial charge is 0.463 e. The van der Waals surface area contributed by atoms with Crippen LogP contribution in [-0.2, 0) is 9.53 Å². The van der Waals surface area contributed by atoms with E-state index in [-0.39, 0.29) is 12.4 Å². The molecule has 0 bridgehead atoms. The summed E-state index contributed by atoms with van der Waals surface area (Å²) in [7, 11) is 0. The predicted octanol–water partition coefficient (Wildman–Crippen LogP) is 5.21. The molecule has 5 heteroatoms. The van der Waals surface area contributed by atoms with Gasteiger partial charge in [-0.05, 0) is 49.4 Å². The first-order valence-electron chi connectivity index (χ1n) is 6.67. The summed E-state index contributed by atoms with van der Waals surface area (Å²) >= 11 is 7.25. The first kappa shape index (κ1) is 16.6. The van der Waals surface area contributed by atoms with Crippen molar-refractivity contribution in [3.8, 4) is 0 Å². The first-order chi connectivity index (χ1) is 10.6. The lowest BCUT2D eigenvalue weighted by Gasteiger charge is -2.07. The Morgan fingerprint density at radius 3 is 2.68 bits per heavy atom. The third-order valence-corrected chi connectivity index (χ3v) is 4.06. The van der Waals surface area contributed by atoms with Gasteiger partial charge in [0.15, 0.2) is 0 Å². The Hall–Kier alpha value is -1.78. The summed E-state index contributed by atoms with van der Waals surface area (Å²) in [6, 6.07) is 12.1. The number of benzene rings is 2. The number of hydrogen-bond acceptors (Lipinski definition) is 3. The van der Waals surface area contributed by atoms with Crippen molar-refractivity contribution in [3.05, 3.63) is 64.9 Å². The van der Waals surface area contributed by atoms with E-state index in [4.69, 9.17) is 16.3 Å². The Morgan fingerprint density at radius 1 is 1.27 bits per heavy atom. The fourth-order valence-corrected chi connectivity index (χ4v) is 2.81. The number of carbonyl (C=O) groups is 1. The maximum atomic E-state index is 14.0. The van der Waals surface area contributed by atoms with Crippen LogP contribution in [-0.4, -0.2) is 12.6 Å². The SMILES string of the molecule is CCOC(=O)C=Cc1c(F)cccc1Sc1ccc(Cl)cc1. The zero-order chi connectivity index (χ0) is 15.9. The lowest BCUT2D eigenvalue weighted by atomic mass is 10.2. The van der Waals surface area contributed by atoms with E-state index < -0.39 is 5.97 Å². The molecule has 114 valence electrons. The summed E-state index contributed by atoms with van der Waals surface area (Å²) in [4.78, 5) is 13.0. The molecule has 0 aliphatic carbocycles. The second kappa shape index (κ2) is 8.01. The van der Waals surface area contributed by atoms with Crippen molar-refractivity contribution >= 4 is 35.4 Å². The first-order valence-corrected chi connectivity index (χ1v) is 7.86. The van der Waals surface area contributed by atoms with E-state index in [1.54, 1.807) is 31.2 Å². The lowest BCUT2D eigenvalue weighted by Crippen LogP contribution is -1.99. The number of esters is 1. The van der Waals surface area contributed by atoms with Crippen LogP contribution in [0.3, 0.4) is 0 Å². The zero-order valence-corrected chi connectivity index (χ0v) is 13.5. The second-order valence-corrected chi connectivity index (χ2v) is 5.84. The Balaban J connectivity index is 2.26. The molecule has 0 aliphatic rings. The summed E-state index contributed by atoms with van der Waals surface area (Å²) in [5, 5.41) is 0.644. The topological polar surface area (TPSA) is 26.3 Å². The maximum absolute atomic E-state index is 14.0. The van der Waals surface area contributed by atoms with Gasteiger partial charge in [0, 0.05) is 26.5 Å². The van der Waals surface area contributed by atoms with Gasteiger partial charge in [-0.3, -0.25) is 0 Å². The van der Waals surface area contributed by atoms with Gasteiger partial charge in [-0.25, -0.2) is 9.18 Å². The van der Waals surface area contributed by atoms with Crippen LogP contribution in [0.15, 0.2) is 58.3 Å². The summed E-state index contributed by atoms with van der Waals surface area (Å²) in [5.41, 5.74) is 0.357. The van der Waals surface area contributed by atoms with E-state index in [9.17, 15) is 9.18 Å².